The number of nitrogens with zero attached hydrogens (tertiary/aromatic N) is 2. The van der Waals surface area contributed by atoms with Crippen LogP contribution >= 0.6 is 11.6 Å². The summed E-state index contributed by atoms with van der Waals surface area (Å²) in [6.07, 6.45) is 0. The van der Waals surface area contributed by atoms with E-state index >= 15 is 0 Å². The normalized spacial score (nSPS) is 10.7. The van der Waals surface area contributed by atoms with Gasteiger partial charge in [0.15, 0.2) is 0 Å². The summed E-state index contributed by atoms with van der Waals surface area (Å²) >= 11 is 5.43. The van der Waals surface area contributed by atoms with Gasteiger partial charge in [-0.25, -0.2) is 0 Å². The summed E-state index contributed by atoms with van der Waals surface area (Å²) in [5.74, 6) is 0. The lowest BCUT2D eigenvalue weighted by Crippen LogP contribution is -2.06. The lowest BCUT2D eigenvalue weighted by Gasteiger charge is -2.08. The molecule has 0 saturated heterocycles. The highest BCUT2D eigenvalue weighted by atomic mass is 35.5. The van der Waals surface area contributed by atoms with E-state index in [0.717, 1.165) is 5.69 Å². The third kappa shape index (κ3) is 2.62. The van der Waals surface area contributed by atoms with E-state index in [1.807, 2.05) is 6.92 Å². The van der Waals surface area contributed by atoms with Gasteiger partial charge in [-0.2, -0.15) is 5.10 Å². The summed E-state index contributed by atoms with van der Waals surface area (Å²) in [6, 6.07) is 8.02. The van der Waals surface area contributed by atoms with E-state index in [4.69, 9.17) is 11.6 Å². The zero-order valence-electron chi connectivity index (χ0n) is 10.7. The molecule has 3 nitrogen and oxygen atoms in total. The van der Waals surface area contributed by atoms with Gasteiger partial charge in [0.2, 0.25) is 0 Å². The Morgan fingerprint density at radius 3 is 2.56 bits per heavy atom. The van der Waals surface area contributed by atoms with Crippen LogP contribution in [-0.2, 0) is 6.54 Å². The Balaban J connectivity index is 2.31. The van der Waals surface area contributed by atoms with Crippen LogP contribution < -0.4 is 0 Å². The van der Waals surface area contributed by atoms with Crippen LogP contribution in [0.25, 0.3) is 0 Å². The second kappa shape index (κ2) is 4.94. The van der Waals surface area contributed by atoms with Crippen LogP contribution in [0.1, 0.15) is 32.9 Å². The fourth-order valence-corrected chi connectivity index (χ4v) is 2.04. The monoisotopic (exact) mass is 262 g/mol. The second-order valence-corrected chi connectivity index (χ2v) is 4.88. The zero-order chi connectivity index (χ0) is 13.3. The minimum atomic E-state index is -0.516. The number of hydrogen-bond acceptors (Lipinski definition) is 2. The van der Waals surface area contributed by atoms with Crippen LogP contribution in [0.4, 0.5) is 0 Å². The van der Waals surface area contributed by atoms with Crippen molar-refractivity contribution in [2.45, 2.75) is 27.3 Å². The number of carbonyl (C=O) groups is 1. The standard InChI is InChI=1S/C14H15ClN2O/c1-9-4-5-12(10(2)6-9)8-17-11(3)7-13(16-17)14(15)18/h4-7H,8H2,1-3H3. The molecule has 1 heterocycles. The summed E-state index contributed by atoms with van der Waals surface area (Å²) in [4.78, 5) is 11.1. The van der Waals surface area contributed by atoms with Crippen molar-refractivity contribution in [3.63, 3.8) is 0 Å². The third-order valence-corrected chi connectivity index (χ3v) is 3.19. The Morgan fingerprint density at radius 1 is 1.28 bits per heavy atom. The number of aryl methyl sites for hydroxylation is 3. The van der Waals surface area contributed by atoms with E-state index in [9.17, 15) is 4.79 Å². The van der Waals surface area contributed by atoms with Crippen molar-refractivity contribution in [1.82, 2.24) is 9.78 Å². The number of halogens is 1. The van der Waals surface area contributed by atoms with Gasteiger partial charge in [0.25, 0.3) is 5.24 Å². The molecular formula is C14H15ClN2O. The van der Waals surface area contributed by atoms with Gasteiger partial charge in [0.1, 0.15) is 5.69 Å². The van der Waals surface area contributed by atoms with Crippen molar-refractivity contribution in [3.8, 4) is 0 Å². The first-order chi connectivity index (χ1) is 8.47. The summed E-state index contributed by atoms with van der Waals surface area (Å²) < 4.78 is 1.80. The molecule has 0 bridgehead atoms. The van der Waals surface area contributed by atoms with Gasteiger partial charge in [-0.3, -0.25) is 9.48 Å². The lowest BCUT2D eigenvalue weighted by atomic mass is 10.1. The maximum Gasteiger partial charge on any atom is 0.272 e. The SMILES string of the molecule is Cc1ccc(Cn2nc(C(=O)Cl)cc2C)c(C)c1. The highest BCUT2D eigenvalue weighted by molar-refractivity contribution is 6.67. The van der Waals surface area contributed by atoms with Crippen molar-refractivity contribution in [1.29, 1.82) is 0 Å². The Kier molecular flexibility index (Phi) is 3.53. The van der Waals surface area contributed by atoms with Gasteiger partial charge >= 0.3 is 0 Å². The highest BCUT2D eigenvalue weighted by Gasteiger charge is 2.10. The first-order valence-electron chi connectivity index (χ1n) is 5.78. The molecule has 0 aliphatic heterocycles. The Morgan fingerprint density at radius 2 is 2.00 bits per heavy atom. The second-order valence-electron chi connectivity index (χ2n) is 4.53. The summed E-state index contributed by atoms with van der Waals surface area (Å²) in [5, 5.41) is 3.69. The molecule has 0 N–H and O–H groups in total. The summed E-state index contributed by atoms with van der Waals surface area (Å²) in [6.45, 7) is 6.72. The minimum Gasteiger partial charge on any atom is -0.274 e. The molecule has 1 aromatic heterocycles. The van der Waals surface area contributed by atoms with Gasteiger partial charge in [-0.15, -0.1) is 0 Å². The van der Waals surface area contributed by atoms with E-state index in [1.54, 1.807) is 10.7 Å². The van der Waals surface area contributed by atoms with E-state index in [1.165, 1.54) is 16.7 Å². The van der Waals surface area contributed by atoms with Crippen LogP contribution in [0.2, 0.25) is 0 Å². The molecule has 2 aromatic rings. The number of rotatable bonds is 3. The summed E-state index contributed by atoms with van der Waals surface area (Å²) in [7, 11) is 0. The molecule has 4 heteroatoms. The molecule has 0 radical (unpaired) electrons. The predicted octanol–water partition coefficient (Wildman–Crippen LogP) is 3.24. The van der Waals surface area contributed by atoms with Crippen molar-refractivity contribution < 1.29 is 4.79 Å². The average molecular weight is 263 g/mol. The lowest BCUT2D eigenvalue weighted by molar-refractivity contribution is 0.107. The first kappa shape index (κ1) is 12.8. The van der Waals surface area contributed by atoms with Crippen LogP contribution in [0.15, 0.2) is 24.3 Å². The van der Waals surface area contributed by atoms with Crippen molar-refractivity contribution in [2.24, 2.45) is 0 Å². The number of benzene rings is 1. The fourth-order valence-electron chi connectivity index (χ4n) is 1.95. The number of aromatic nitrogens is 2. The fraction of sp³-hybridized carbons (Fsp3) is 0.286. The van der Waals surface area contributed by atoms with Crippen LogP contribution in [0.5, 0.6) is 0 Å². The minimum absolute atomic E-state index is 0.305. The van der Waals surface area contributed by atoms with E-state index in [2.05, 4.69) is 37.1 Å². The molecule has 0 spiro atoms. The van der Waals surface area contributed by atoms with E-state index < -0.39 is 5.24 Å². The van der Waals surface area contributed by atoms with Crippen LogP contribution in [0, 0.1) is 20.8 Å². The Bertz CT molecular complexity index is 602. The van der Waals surface area contributed by atoms with Gasteiger partial charge < -0.3 is 0 Å². The van der Waals surface area contributed by atoms with Gasteiger partial charge in [0, 0.05) is 5.69 Å². The molecule has 0 aliphatic carbocycles. The van der Waals surface area contributed by atoms with E-state index in [-0.39, 0.29) is 0 Å². The van der Waals surface area contributed by atoms with E-state index in [0.29, 0.717) is 12.2 Å². The van der Waals surface area contributed by atoms with Gasteiger partial charge in [-0.1, -0.05) is 23.8 Å². The van der Waals surface area contributed by atoms with Gasteiger partial charge in [0.05, 0.1) is 6.54 Å². The topological polar surface area (TPSA) is 34.9 Å². The molecule has 2 rings (SSSR count). The maximum absolute atomic E-state index is 11.1. The molecule has 94 valence electrons. The van der Waals surface area contributed by atoms with Crippen LogP contribution in [0.3, 0.4) is 0 Å². The van der Waals surface area contributed by atoms with Gasteiger partial charge in [-0.05, 0) is 49.6 Å². The molecule has 0 fully saturated rings. The number of carbonyl (C=O) groups excluding carboxylic acids is 1. The number of hydrogen-bond donors (Lipinski definition) is 0. The largest absolute Gasteiger partial charge is 0.274 e. The molecular weight excluding hydrogens is 248 g/mol. The maximum atomic E-state index is 11.1. The average Bonchev–Trinajstić information content (AvgIpc) is 2.64. The highest BCUT2D eigenvalue weighted by Crippen LogP contribution is 2.14. The smallest absolute Gasteiger partial charge is 0.272 e. The molecule has 0 atom stereocenters. The molecule has 0 unspecified atom stereocenters. The predicted molar refractivity (Wildman–Crippen MR) is 72.2 cm³/mol. The molecule has 1 aromatic carbocycles. The Labute approximate surface area is 111 Å². The van der Waals surface area contributed by atoms with Crippen molar-refractivity contribution in [3.05, 3.63) is 52.3 Å². The molecule has 0 amide bonds. The zero-order valence-corrected chi connectivity index (χ0v) is 11.5. The Hall–Kier alpha value is -1.61. The van der Waals surface area contributed by atoms with Crippen molar-refractivity contribution >= 4 is 16.8 Å². The third-order valence-electron chi connectivity index (χ3n) is 3.00. The first-order valence-corrected chi connectivity index (χ1v) is 6.15. The summed E-state index contributed by atoms with van der Waals surface area (Å²) in [5.41, 5.74) is 4.90. The molecule has 0 saturated carbocycles. The van der Waals surface area contributed by atoms with Crippen LogP contribution in [-0.4, -0.2) is 15.0 Å². The molecule has 0 aliphatic rings. The van der Waals surface area contributed by atoms with Crippen molar-refractivity contribution in [2.75, 3.05) is 0 Å². The quantitative estimate of drug-likeness (QED) is 0.796. The molecule has 18 heavy (non-hydrogen) atoms.